The summed E-state index contributed by atoms with van der Waals surface area (Å²) in [4.78, 5) is 12.1. The Labute approximate surface area is 131 Å². The molecule has 1 aromatic rings. The molecule has 0 atom stereocenters. The molecular formula is C15H22N2O3S. The molecule has 5 nitrogen and oxygen atoms in total. The lowest BCUT2D eigenvalue weighted by Gasteiger charge is -2.10. The monoisotopic (exact) mass is 310 g/mol. The average Bonchev–Trinajstić information content (AvgIpc) is 2.50. The molecule has 0 aromatic heterocycles. The average molecular weight is 310 g/mol. The van der Waals surface area contributed by atoms with Gasteiger partial charge in [-0.25, -0.2) is 0 Å². The molecule has 0 saturated carbocycles. The third-order valence-corrected chi connectivity index (χ3v) is 2.85. The number of hydrogen-bond donors (Lipinski definition) is 2. The van der Waals surface area contributed by atoms with Crippen molar-refractivity contribution in [3.05, 3.63) is 29.8 Å². The first-order valence-electron chi connectivity index (χ1n) is 6.98. The van der Waals surface area contributed by atoms with Gasteiger partial charge in [-0.3, -0.25) is 10.1 Å². The predicted octanol–water partition coefficient (Wildman–Crippen LogP) is 2.12. The van der Waals surface area contributed by atoms with Crippen LogP contribution in [0.5, 0.6) is 5.75 Å². The van der Waals surface area contributed by atoms with Gasteiger partial charge in [0.1, 0.15) is 5.75 Å². The van der Waals surface area contributed by atoms with Gasteiger partial charge in [0.05, 0.1) is 6.61 Å². The van der Waals surface area contributed by atoms with Crippen LogP contribution < -0.4 is 15.4 Å². The molecular weight excluding hydrogens is 288 g/mol. The zero-order valence-corrected chi connectivity index (χ0v) is 13.3. The van der Waals surface area contributed by atoms with Gasteiger partial charge in [0, 0.05) is 25.8 Å². The van der Waals surface area contributed by atoms with Gasteiger partial charge >= 0.3 is 0 Å². The molecule has 1 amide bonds. The van der Waals surface area contributed by atoms with Gasteiger partial charge in [-0.05, 0) is 43.3 Å². The first-order valence-corrected chi connectivity index (χ1v) is 7.39. The van der Waals surface area contributed by atoms with E-state index >= 15 is 0 Å². The maximum absolute atomic E-state index is 12.1. The summed E-state index contributed by atoms with van der Waals surface area (Å²) in [6.45, 7) is 3.97. The molecule has 0 aliphatic rings. The van der Waals surface area contributed by atoms with E-state index in [0.717, 1.165) is 12.8 Å². The zero-order valence-electron chi connectivity index (χ0n) is 12.5. The van der Waals surface area contributed by atoms with E-state index in [1.54, 1.807) is 25.3 Å². The fraction of sp³-hybridized carbons (Fsp3) is 0.467. The molecule has 0 heterocycles. The summed E-state index contributed by atoms with van der Waals surface area (Å²) >= 11 is 5.07. The number of amides is 1. The number of thiocarbonyl (C=S) groups is 1. The van der Waals surface area contributed by atoms with Gasteiger partial charge in [0.15, 0.2) is 5.11 Å². The molecule has 0 aliphatic carbocycles. The minimum atomic E-state index is -0.249. The molecule has 0 aliphatic heterocycles. The van der Waals surface area contributed by atoms with Crippen LogP contribution in [0, 0.1) is 0 Å². The Balaban J connectivity index is 2.45. The molecule has 0 radical (unpaired) electrons. The topological polar surface area (TPSA) is 59.6 Å². The van der Waals surface area contributed by atoms with Crippen LogP contribution in [0.4, 0.5) is 0 Å². The molecule has 0 spiro atoms. The van der Waals surface area contributed by atoms with Crippen molar-refractivity contribution in [1.82, 2.24) is 10.6 Å². The van der Waals surface area contributed by atoms with Crippen molar-refractivity contribution in [1.29, 1.82) is 0 Å². The first-order chi connectivity index (χ1) is 10.2. The van der Waals surface area contributed by atoms with Crippen LogP contribution in [0.15, 0.2) is 24.3 Å². The Morgan fingerprint density at radius 2 is 2.14 bits per heavy atom. The van der Waals surface area contributed by atoms with Crippen molar-refractivity contribution >= 4 is 23.2 Å². The molecule has 0 bridgehead atoms. The number of nitrogens with one attached hydrogen (secondary N) is 2. The van der Waals surface area contributed by atoms with Crippen LogP contribution >= 0.6 is 12.2 Å². The number of benzene rings is 1. The molecule has 1 rings (SSSR count). The highest BCUT2D eigenvalue weighted by Gasteiger charge is 2.08. The summed E-state index contributed by atoms with van der Waals surface area (Å²) in [7, 11) is 1.65. The highest BCUT2D eigenvalue weighted by Crippen LogP contribution is 2.13. The van der Waals surface area contributed by atoms with Crippen molar-refractivity contribution in [3.63, 3.8) is 0 Å². The molecule has 2 N–H and O–H groups in total. The second-order valence-electron chi connectivity index (χ2n) is 4.43. The summed E-state index contributed by atoms with van der Waals surface area (Å²) in [6, 6.07) is 7.04. The van der Waals surface area contributed by atoms with Gasteiger partial charge in [0.2, 0.25) is 0 Å². The van der Waals surface area contributed by atoms with Crippen LogP contribution in [0.25, 0.3) is 0 Å². The Kier molecular flexibility index (Phi) is 8.38. The van der Waals surface area contributed by atoms with Crippen LogP contribution in [-0.2, 0) is 4.74 Å². The number of carbonyl (C=O) groups is 1. The molecule has 0 fully saturated rings. The highest BCUT2D eigenvalue weighted by molar-refractivity contribution is 7.80. The largest absolute Gasteiger partial charge is 0.494 e. The fourth-order valence-corrected chi connectivity index (χ4v) is 1.78. The first kappa shape index (κ1) is 17.4. The third-order valence-electron chi connectivity index (χ3n) is 2.61. The number of ether oxygens (including phenoxy) is 2. The van der Waals surface area contributed by atoms with Crippen molar-refractivity contribution in [3.8, 4) is 5.75 Å². The Bertz CT molecular complexity index is 466. The second kappa shape index (κ2) is 10.1. The predicted molar refractivity (Wildman–Crippen MR) is 86.8 cm³/mol. The van der Waals surface area contributed by atoms with Crippen LogP contribution in [0.2, 0.25) is 0 Å². The molecule has 0 unspecified atom stereocenters. The van der Waals surface area contributed by atoms with Crippen molar-refractivity contribution in [2.24, 2.45) is 0 Å². The van der Waals surface area contributed by atoms with Crippen molar-refractivity contribution in [2.45, 2.75) is 19.8 Å². The van der Waals surface area contributed by atoms with E-state index in [1.165, 1.54) is 0 Å². The van der Waals surface area contributed by atoms with Gasteiger partial charge < -0.3 is 14.8 Å². The Hall–Kier alpha value is -1.66. The molecule has 6 heteroatoms. The smallest absolute Gasteiger partial charge is 0.257 e. The van der Waals surface area contributed by atoms with Gasteiger partial charge in [-0.2, -0.15) is 0 Å². The molecule has 116 valence electrons. The molecule has 21 heavy (non-hydrogen) atoms. The summed E-state index contributed by atoms with van der Waals surface area (Å²) in [5, 5.41) is 5.91. The SMILES string of the molecule is CCCOc1cccc(C(=O)NC(=S)NCCCOC)c1. The van der Waals surface area contributed by atoms with E-state index in [0.29, 0.717) is 36.2 Å². The van der Waals surface area contributed by atoms with Gasteiger partial charge in [-0.15, -0.1) is 0 Å². The number of rotatable bonds is 8. The minimum Gasteiger partial charge on any atom is -0.494 e. The number of hydrogen-bond acceptors (Lipinski definition) is 4. The summed E-state index contributed by atoms with van der Waals surface area (Å²) in [6.07, 6.45) is 1.75. The fourth-order valence-electron chi connectivity index (χ4n) is 1.58. The van der Waals surface area contributed by atoms with Crippen LogP contribution in [0.1, 0.15) is 30.1 Å². The number of carbonyl (C=O) groups excluding carboxylic acids is 1. The summed E-state index contributed by atoms with van der Waals surface area (Å²) < 4.78 is 10.4. The summed E-state index contributed by atoms with van der Waals surface area (Å²) in [5.74, 6) is 0.435. The maximum Gasteiger partial charge on any atom is 0.257 e. The van der Waals surface area contributed by atoms with Crippen LogP contribution in [0.3, 0.4) is 0 Å². The quantitative estimate of drug-likeness (QED) is 0.569. The lowest BCUT2D eigenvalue weighted by Crippen LogP contribution is -2.39. The molecule has 1 aromatic carbocycles. The normalized spacial score (nSPS) is 10.0. The van der Waals surface area contributed by atoms with E-state index in [-0.39, 0.29) is 5.91 Å². The lowest BCUT2D eigenvalue weighted by atomic mass is 10.2. The lowest BCUT2D eigenvalue weighted by molar-refractivity contribution is 0.0976. The van der Waals surface area contributed by atoms with E-state index in [9.17, 15) is 4.79 Å². The highest BCUT2D eigenvalue weighted by atomic mass is 32.1. The van der Waals surface area contributed by atoms with E-state index < -0.39 is 0 Å². The summed E-state index contributed by atoms with van der Waals surface area (Å²) in [5.41, 5.74) is 0.518. The maximum atomic E-state index is 12.1. The van der Waals surface area contributed by atoms with Crippen molar-refractivity contribution in [2.75, 3.05) is 26.9 Å². The Morgan fingerprint density at radius 3 is 2.86 bits per heavy atom. The van der Waals surface area contributed by atoms with E-state index in [1.807, 2.05) is 13.0 Å². The van der Waals surface area contributed by atoms with Crippen molar-refractivity contribution < 1.29 is 14.3 Å². The van der Waals surface area contributed by atoms with Gasteiger partial charge in [0.25, 0.3) is 5.91 Å². The minimum absolute atomic E-state index is 0.249. The number of methoxy groups -OCH3 is 1. The van der Waals surface area contributed by atoms with E-state index in [4.69, 9.17) is 21.7 Å². The van der Waals surface area contributed by atoms with Crippen LogP contribution in [-0.4, -0.2) is 37.9 Å². The Morgan fingerprint density at radius 1 is 1.33 bits per heavy atom. The van der Waals surface area contributed by atoms with Gasteiger partial charge in [-0.1, -0.05) is 13.0 Å². The third kappa shape index (κ3) is 7.06. The molecule has 0 saturated heterocycles. The zero-order chi connectivity index (χ0) is 15.5. The van der Waals surface area contributed by atoms with E-state index in [2.05, 4.69) is 10.6 Å². The standard InChI is InChI=1S/C15H22N2O3S/c1-3-9-20-13-7-4-6-12(11-13)14(18)17-15(21)16-8-5-10-19-2/h4,6-7,11H,3,5,8-10H2,1-2H3,(H2,16,17,18,21). The second-order valence-corrected chi connectivity index (χ2v) is 4.84.